The number of pyridine rings is 1. The Bertz CT molecular complexity index is 757. The predicted octanol–water partition coefficient (Wildman–Crippen LogP) is 3.29. The molecule has 2 heterocycles. The molecule has 1 aliphatic rings. The summed E-state index contributed by atoms with van der Waals surface area (Å²) < 4.78 is 39.4. The summed E-state index contributed by atoms with van der Waals surface area (Å²) in [5.74, 6) is 0.00743. The van der Waals surface area contributed by atoms with Crippen molar-refractivity contribution in [1.29, 1.82) is 5.26 Å². The topological polar surface area (TPSA) is 43.2 Å². The molecule has 0 bridgehead atoms. The second-order valence-corrected chi connectivity index (χ2v) is 5.94. The van der Waals surface area contributed by atoms with Crippen LogP contribution in [-0.4, -0.2) is 36.1 Å². The Balaban J connectivity index is 1.63. The Morgan fingerprint density at radius 2 is 1.72 bits per heavy atom. The van der Waals surface area contributed by atoms with E-state index in [-0.39, 0.29) is 5.82 Å². The zero-order valence-corrected chi connectivity index (χ0v) is 13.5. The number of nitrogens with zero attached hydrogens (tertiary/aromatic N) is 4. The number of nitriles is 1. The molecule has 0 spiro atoms. The molecule has 0 aliphatic carbocycles. The number of alkyl halides is 3. The Morgan fingerprint density at radius 1 is 1.04 bits per heavy atom. The molecule has 2 aromatic rings. The van der Waals surface area contributed by atoms with E-state index in [9.17, 15) is 13.2 Å². The van der Waals surface area contributed by atoms with Crippen molar-refractivity contribution in [1.82, 2.24) is 9.88 Å². The molecule has 1 aromatic carbocycles. The minimum atomic E-state index is -4.40. The number of hydrogen-bond donors (Lipinski definition) is 0. The van der Waals surface area contributed by atoms with Gasteiger partial charge in [0.05, 0.1) is 17.2 Å². The number of aromatic nitrogens is 1. The van der Waals surface area contributed by atoms with E-state index in [0.717, 1.165) is 11.6 Å². The van der Waals surface area contributed by atoms with E-state index in [2.05, 4.69) is 16.0 Å². The van der Waals surface area contributed by atoms with Crippen LogP contribution in [-0.2, 0) is 12.7 Å². The summed E-state index contributed by atoms with van der Waals surface area (Å²) in [6, 6.07) is 11.8. The summed E-state index contributed by atoms with van der Waals surface area (Å²) in [5, 5.41) is 8.82. The van der Waals surface area contributed by atoms with Gasteiger partial charge in [0.15, 0.2) is 0 Å². The van der Waals surface area contributed by atoms with Gasteiger partial charge in [-0.3, -0.25) is 4.90 Å². The molecule has 0 atom stereocenters. The van der Waals surface area contributed by atoms with E-state index in [1.807, 2.05) is 12.1 Å². The Labute approximate surface area is 144 Å². The number of hydrogen-bond acceptors (Lipinski definition) is 4. The lowest BCUT2D eigenvalue weighted by molar-refractivity contribution is -0.137. The number of halogens is 3. The van der Waals surface area contributed by atoms with Crippen molar-refractivity contribution in [2.75, 3.05) is 31.1 Å². The molecule has 4 nitrogen and oxygen atoms in total. The number of anilines is 1. The summed E-state index contributed by atoms with van der Waals surface area (Å²) in [5.41, 5.74) is 1.01. The summed E-state index contributed by atoms with van der Waals surface area (Å²) in [6.07, 6.45) is -3.00. The fourth-order valence-electron chi connectivity index (χ4n) is 2.93. The maximum atomic E-state index is 13.1. The van der Waals surface area contributed by atoms with E-state index in [1.54, 1.807) is 17.0 Å². The highest BCUT2D eigenvalue weighted by molar-refractivity contribution is 5.48. The van der Waals surface area contributed by atoms with Crippen molar-refractivity contribution in [2.45, 2.75) is 12.7 Å². The lowest BCUT2D eigenvalue weighted by Crippen LogP contribution is -2.46. The zero-order valence-electron chi connectivity index (χ0n) is 13.5. The zero-order chi connectivity index (χ0) is 17.9. The molecule has 1 aliphatic heterocycles. The van der Waals surface area contributed by atoms with Crippen molar-refractivity contribution < 1.29 is 13.2 Å². The van der Waals surface area contributed by atoms with E-state index in [1.165, 1.54) is 12.3 Å². The van der Waals surface area contributed by atoms with Crippen LogP contribution < -0.4 is 4.90 Å². The second-order valence-electron chi connectivity index (χ2n) is 5.94. The molecule has 130 valence electrons. The van der Waals surface area contributed by atoms with E-state index >= 15 is 0 Å². The first-order valence-electron chi connectivity index (χ1n) is 7.96. The van der Waals surface area contributed by atoms with Crippen LogP contribution in [0.2, 0.25) is 0 Å². The van der Waals surface area contributed by atoms with Gasteiger partial charge in [0.2, 0.25) is 0 Å². The molecule has 1 fully saturated rings. The minimum Gasteiger partial charge on any atom is -0.354 e. The summed E-state index contributed by atoms with van der Waals surface area (Å²) in [4.78, 5) is 7.83. The quantitative estimate of drug-likeness (QED) is 0.855. The molecule has 7 heteroatoms. The molecule has 0 N–H and O–H groups in total. The highest BCUT2D eigenvalue weighted by Crippen LogP contribution is 2.35. The van der Waals surface area contributed by atoms with Crippen LogP contribution in [0.25, 0.3) is 0 Å². The highest BCUT2D eigenvalue weighted by Gasteiger charge is 2.36. The summed E-state index contributed by atoms with van der Waals surface area (Å²) in [7, 11) is 0. The molecule has 0 saturated carbocycles. The van der Waals surface area contributed by atoms with Crippen molar-refractivity contribution in [3.63, 3.8) is 0 Å². The van der Waals surface area contributed by atoms with Crippen LogP contribution >= 0.6 is 0 Å². The third-order valence-corrected chi connectivity index (χ3v) is 4.25. The Kier molecular flexibility index (Phi) is 4.91. The van der Waals surface area contributed by atoms with Crippen molar-refractivity contribution >= 4 is 5.82 Å². The molecule has 0 radical (unpaired) electrons. The minimum absolute atomic E-state index is 0.00743. The second kappa shape index (κ2) is 7.11. The maximum Gasteiger partial charge on any atom is 0.419 e. The largest absolute Gasteiger partial charge is 0.419 e. The van der Waals surface area contributed by atoms with Gasteiger partial charge in [-0.25, -0.2) is 4.98 Å². The predicted molar refractivity (Wildman–Crippen MR) is 87.9 cm³/mol. The van der Waals surface area contributed by atoms with Crippen molar-refractivity contribution in [3.8, 4) is 6.07 Å². The maximum absolute atomic E-state index is 13.1. The first kappa shape index (κ1) is 17.2. The first-order chi connectivity index (χ1) is 12.0. The smallest absolute Gasteiger partial charge is 0.354 e. The van der Waals surface area contributed by atoms with Gasteiger partial charge >= 0.3 is 6.18 Å². The average Bonchev–Trinajstić information content (AvgIpc) is 2.62. The van der Waals surface area contributed by atoms with Gasteiger partial charge in [0.1, 0.15) is 5.82 Å². The van der Waals surface area contributed by atoms with E-state index < -0.39 is 11.7 Å². The standard InChI is InChI=1S/C18H17F3N4/c19-18(20,21)16-2-1-7-23-17(16)25-10-8-24(9-11-25)13-15-5-3-14(12-22)4-6-15/h1-7H,8-11,13H2. The molecule has 0 amide bonds. The lowest BCUT2D eigenvalue weighted by atomic mass is 10.1. The van der Waals surface area contributed by atoms with Gasteiger partial charge in [0.25, 0.3) is 0 Å². The van der Waals surface area contributed by atoms with Crippen molar-refractivity contribution in [3.05, 3.63) is 59.3 Å². The van der Waals surface area contributed by atoms with E-state index in [0.29, 0.717) is 38.3 Å². The Morgan fingerprint density at radius 3 is 2.32 bits per heavy atom. The molecule has 1 saturated heterocycles. The van der Waals surface area contributed by atoms with Crippen LogP contribution in [0, 0.1) is 11.3 Å². The fraction of sp³-hybridized carbons (Fsp3) is 0.333. The summed E-state index contributed by atoms with van der Waals surface area (Å²) >= 11 is 0. The SMILES string of the molecule is N#Cc1ccc(CN2CCN(c3ncccc3C(F)(F)F)CC2)cc1. The molecule has 3 rings (SSSR count). The average molecular weight is 346 g/mol. The number of piperazine rings is 1. The van der Waals surface area contributed by atoms with Crippen LogP contribution in [0.15, 0.2) is 42.6 Å². The highest BCUT2D eigenvalue weighted by atomic mass is 19.4. The molecule has 25 heavy (non-hydrogen) atoms. The van der Waals surface area contributed by atoms with Gasteiger partial charge in [-0.05, 0) is 29.8 Å². The lowest BCUT2D eigenvalue weighted by Gasteiger charge is -2.36. The molecule has 1 aromatic heterocycles. The van der Waals surface area contributed by atoms with Gasteiger partial charge in [0, 0.05) is 38.9 Å². The monoisotopic (exact) mass is 346 g/mol. The normalized spacial score (nSPS) is 15.8. The molecular weight excluding hydrogens is 329 g/mol. The third-order valence-electron chi connectivity index (χ3n) is 4.25. The number of rotatable bonds is 3. The molecule has 0 unspecified atom stereocenters. The fourth-order valence-corrected chi connectivity index (χ4v) is 2.93. The summed E-state index contributed by atoms with van der Waals surface area (Å²) in [6.45, 7) is 3.03. The van der Waals surface area contributed by atoms with Gasteiger partial charge < -0.3 is 4.90 Å². The van der Waals surface area contributed by atoms with Gasteiger partial charge in [-0.15, -0.1) is 0 Å². The van der Waals surface area contributed by atoms with Crippen LogP contribution in [0.4, 0.5) is 19.0 Å². The molecular formula is C18H17F3N4. The van der Waals surface area contributed by atoms with Crippen LogP contribution in [0.3, 0.4) is 0 Å². The van der Waals surface area contributed by atoms with Crippen LogP contribution in [0.1, 0.15) is 16.7 Å². The van der Waals surface area contributed by atoms with Gasteiger partial charge in [-0.2, -0.15) is 18.4 Å². The van der Waals surface area contributed by atoms with E-state index in [4.69, 9.17) is 5.26 Å². The van der Waals surface area contributed by atoms with Crippen molar-refractivity contribution in [2.24, 2.45) is 0 Å². The first-order valence-corrected chi connectivity index (χ1v) is 7.96. The van der Waals surface area contributed by atoms with Gasteiger partial charge in [-0.1, -0.05) is 12.1 Å². The third kappa shape index (κ3) is 4.09. The number of benzene rings is 1. The Hall–Kier alpha value is -2.59. The van der Waals surface area contributed by atoms with Crippen LogP contribution in [0.5, 0.6) is 0 Å².